The number of amides is 1. The van der Waals surface area contributed by atoms with E-state index in [9.17, 15) is 9.59 Å². The van der Waals surface area contributed by atoms with Gasteiger partial charge in [0.05, 0.1) is 0 Å². The number of hydrogen-bond donors (Lipinski definition) is 0. The number of esters is 1. The molecule has 4 aromatic carbocycles. The molecule has 1 fully saturated rings. The summed E-state index contributed by atoms with van der Waals surface area (Å²) in [7, 11) is 0. The molecule has 0 radical (unpaired) electrons. The summed E-state index contributed by atoms with van der Waals surface area (Å²) in [5, 5.41) is 1.08. The number of benzene rings is 4. The van der Waals surface area contributed by atoms with Crippen LogP contribution in [-0.4, -0.2) is 54.1 Å². The van der Waals surface area contributed by atoms with E-state index < -0.39 is 18.1 Å². The maximum absolute atomic E-state index is 13.7. The largest absolute Gasteiger partial charge is 0.461 e. The average Bonchev–Trinajstić information content (AvgIpc) is 3.61. The molecule has 1 unspecified atom stereocenters. The molecule has 1 atom stereocenters. The van der Waals surface area contributed by atoms with E-state index in [-0.39, 0.29) is 19.1 Å². The van der Waals surface area contributed by atoms with Crippen LogP contribution in [0.3, 0.4) is 0 Å². The maximum atomic E-state index is 13.7. The van der Waals surface area contributed by atoms with E-state index in [0.717, 1.165) is 45.4 Å². The van der Waals surface area contributed by atoms with E-state index >= 15 is 0 Å². The molecule has 7 nitrogen and oxygen atoms in total. The first kappa shape index (κ1) is 28.9. The topological polar surface area (TPSA) is 72.2 Å². The van der Waals surface area contributed by atoms with Gasteiger partial charge in [-0.1, -0.05) is 104 Å². The summed E-state index contributed by atoms with van der Waals surface area (Å²) in [5.41, 5.74) is 7.51. The van der Waals surface area contributed by atoms with E-state index in [4.69, 9.17) is 13.9 Å². The van der Waals surface area contributed by atoms with Gasteiger partial charge in [0.1, 0.15) is 30.6 Å². The van der Waals surface area contributed by atoms with Gasteiger partial charge in [-0.25, -0.2) is 9.59 Å². The third-order valence-corrected chi connectivity index (χ3v) is 9.02. The zero-order valence-electron chi connectivity index (χ0n) is 25.4. The van der Waals surface area contributed by atoms with Crippen molar-refractivity contribution in [1.82, 2.24) is 9.80 Å². The van der Waals surface area contributed by atoms with Gasteiger partial charge in [-0.3, -0.25) is 9.80 Å². The van der Waals surface area contributed by atoms with Gasteiger partial charge in [0, 0.05) is 49.5 Å². The molecule has 0 bridgehead atoms. The van der Waals surface area contributed by atoms with Crippen LogP contribution in [0.5, 0.6) is 0 Å². The summed E-state index contributed by atoms with van der Waals surface area (Å²) in [6.07, 6.45) is 0.271. The number of piperazine rings is 1. The third-order valence-electron chi connectivity index (χ3n) is 9.02. The molecule has 228 valence electrons. The summed E-state index contributed by atoms with van der Waals surface area (Å²) < 4.78 is 17.9. The third kappa shape index (κ3) is 5.71. The quantitative estimate of drug-likeness (QED) is 0.176. The highest BCUT2D eigenvalue weighted by molar-refractivity contribution is 5.84. The van der Waals surface area contributed by atoms with E-state index in [1.54, 1.807) is 4.90 Å². The molecule has 1 amide bonds. The second-order valence-corrected chi connectivity index (χ2v) is 11.7. The number of ether oxygens (including phenoxy) is 2. The van der Waals surface area contributed by atoms with Crippen LogP contribution in [0, 0.1) is 0 Å². The van der Waals surface area contributed by atoms with Crippen molar-refractivity contribution in [3.63, 3.8) is 0 Å². The lowest BCUT2D eigenvalue weighted by Gasteiger charge is -2.39. The predicted octanol–water partition coefficient (Wildman–Crippen LogP) is 7.17. The highest BCUT2D eigenvalue weighted by Gasteiger charge is 2.39. The smallest absolute Gasteiger partial charge is 0.410 e. The summed E-state index contributed by atoms with van der Waals surface area (Å²) >= 11 is 0. The van der Waals surface area contributed by atoms with Gasteiger partial charge in [0.2, 0.25) is 0 Å². The van der Waals surface area contributed by atoms with Crippen molar-refractivity contribution in [3.05, 3.63) is 131 Å². The molecule has 5 aromatic rings. The molecule has 1 aliphatic carbocycles. The number of para-hydroxylation sites is 1. The first-order valence-corrected chi connectivity index (χ1v) is 15.6. The molecule has 45 heavy (non-hydrogen) atoms. The molecule has 2 aliphatic rings. The average molecular weight is 601 g/mol. The number of fused-ring (bicyclic) bond motifs is 4. The number of furan rings is 1. The zero-order valence-corrected chi connectivity index (χ0v) is 25.4. The van der Waals surface area contributed by atoms with Crippen LogP contribution >= 0.6 is 0 Å². The number of aryl methyl sites for hydroxylation is 1. The molecule has 0 spiro atoms. The first-order chi connectivity index (χ1) is 22.1. The highest BCUT2D eigenvalue weighted by atomic mass is 16.6. The van der Waals surface area contributed by atoms with Crippen molar-refractivity contribution in [3.8, 4) is 11.1 Å². The normalized spacial score (nSPS) is 16.4. The fourth-order valence-electron chi connectivity index (χ4n) is 6.74. The van der Waals surface area contributed by atoms with Crippen molar-refractivity contribution < 1.29 is 23.5 Å². The maximum Gasteiger partial charge on any atom is 0.410 e. The molecule has 0 saturated carbocycles. The van der Waals surface area contributed by atoms with Gasteiger partial charge in [0.15, 0.2) is 0 Å². The Bertz CT molecular complexity index is 1790. The van der Waals surface area contributed by atoms with E-state index in [2.05, 4.69) is 42.2 Å². The van der Waals surface area contributed by atoms with Crippen LogP contribution < -0.4 is 0 Å². The van der Waals surface area contributed by atoms with Gasteiger partial charge < -0.3 is 13.9 Å². The van der Waals surface area contributed by atoms with Crippen molar-refractivity contribution in [2.24, 2.45) is 0 Å². The predicted molar refractivity (Wildman–Crippen MR) is 173 cm³/mol. The summed E-state index contributed by atoms with van der Waals surface area (Å²) in [5.74, 6) is 0.441. The second kappa shape index (κ2) is 12.6. The molecule has 1 aliphatic heterocycles. The Morgan fingerprint density at radius 1 is 0.800 bits per heavy atom. The standard InChI is InChI=1S/C38H36N2O5/c1-2-35-32(31-18-10-11-19-36(31)45-35)22-39-20-21-40(34(23-39)37(41)43-24-26-12-4-3-5-13-26)38(42)44-25-33-29-16-8-6-14-27(29)28-15-7-9-17-30(28)33/h3-19,33-34H,2,20-25H2,1H3. The number of nitrogens with zero attached hydrogens (tertiary/aromatic N) is 2. The Morgan fingerprint density at radius 3 is 2.20 bits per heavy atom. The first-order valence-electron chi connectivity index (χ1n) is 15.6. The van der Waals surface area contributed by atoms with Crippen LogP contribution in [0.4, 0.5) is 4.79 Å². The molecule has 2 heterocycles. The van der Waals surface area contributed by atoms with Crippen LogP contribution in [0.25, 0.3) is 22.1 Å². The van der Waals surface area contributed by atoms with Crippen molar-refractivity contribution >= 4 is 23.0 Å². The molecular formula is C38H36N2O5. The van der Waals surface area contributed by atoms with Gasteiger partial charge in [-0.2, -0.15) is 0 Å². The molecule has 7 heteroatoms. The summed E-state index contributed by atoms with van der Waals surface area (Å²) in [6.45, 7) is 4.30. The van der Waals surface area contributed by atoms with Crippen molar-refractivity contribution in [1.29, 1.82) is 0 Å². The molecule has 0 N–H and O–H groups in total. The Kier molecular flexibility index (Phi) is 8.09. The number of hydrogen-bond acceptors (Lipinski definition) is 6. The summed E-state index contributed by atoms with van der Waals surface area (Å²) in [4.78, 5) is 31.1. The lowest BCUT2D eigenvalue weighted by Crippen LogP contribution is -2.58. The van der Waals surface area contributed by atoms with E-state index in [1.165, 1.54) is 11.1 Å². The van der Waals surface area contributed by atoms with Gasteiger partial charge in [0.25, 0.3) is 0 Å². The highest BCUT2D eigenvalue weighted by Crippen LogP contribution is 2.44. The van der Waals surface area contributed by atoms with Crippen molar-refractivity contribution in [2.75, 3.05) is 26.2 Å². The van der Waals surface area contributed by atoms with Crippen LogP contribution in [-0.2, 0) is 33.8 Å². The molecule has 1 saturated heterocycles. The fraction of sp³-hybridized carbons (Fsp3) is 0.263. The monoisotopic (exact) mass is 600 g/mol. The Morgan fingerprint density at radius 2 is 1.47 bits per heavy atom. The fourth-order valence-corrected chi connectivity index (χ4v) is 6.74. The van der Waals surface area contributed by atoms with Crippen molar-refractivity contribution in [2.45, 2.75) is 38.5 Å². The molecule has 7 rings (SSSR count). The Labute approximate surface area is 263 Å². The lowest BCUT2D eigenvalue weighted by atomic mass is 9.98. The van der Waals surface area contributed by atoms with Gasteiger partial charge >= 0.3 is 12.1 Å². The van der Waals surface area contributed by atoms with Crippen LogP contribution in [0.15, 0.2) is 108 Å². The Balaban J connectivity index is 1.10. The lowest BCUT2D eigenvalue weighted by molar-refractivity contribution is -0.153. The van der Waals surface area contributed by atoms with Gasteiger partial charge in [-0.05, 0) is 33.9 Å². The second-order valence-electron chi connectivity index (χ2n) is 11.7. The number of carbonyl (C=O) groups excluding carboxylic acids is 2. The van der Waals surface area contributed by atoms with Gasteiger partial charge in [-0.15, -0.1) is 0 Å². The molecule has 1 aromatic heterocycles. The minimum absolute atomic E-state index is 0.0621. The van der Waals surface area contributed by atoms with E-state index in [0.29, 0.717) is 26.2 Å². The van der Waals surface area contributed by atoms with Crippen LogP contribution in [0.2, 0.25) is 0 Å². The minimum atomic E-state index is -0.804. The van der Waals surface area contributed by atoms with E-state index in [1.807, 2.05) is 72.8 Å². The summed E-state index contributed by atoms with van der Waals surface area (Å²) in [6, 6.07) is 33.3. The number of carbonyl (C=O) groups is 2. The van der Waals surface area contributed by atoms with Crippen LogP contribution in [0.1, 0.15) is 40.9 Å². The number of rotatable bonds is 8. The molecular weight excluding hydrogens is 564 g/mol. The SMILES string of the molecule is CCc1oc2ccccc2c1CN1CCN(C(=O)OCC2c3ccccc3-c3ccccc32)C(C(=O)OCc2ccccc2)C1. The zero-order chi connectivity index (χ0) is 30.8. The minimum Gasteiger partial charge on any atom is -0.461 e. The Hall–Kier alpha value is -4.88.